The Hall–Kier alpha value is -4.75. The van der Waals surface area contributed by atoms with Gasteiger partial charge in [0.25, 0.3) is 11.1 Å². The second-order valence-corrected chi connectivity index (χ2v) is 8.58. The molecule has 174 valence electrons. The van der Waals surface area contributed by atoms with Gasteiger partial charge < -0.3 is 0 Å². The third-order valence-corrected chi connectivity index (χ3v) is 6.13. The van der Waals surface area contributed by atoms with Gasteiger partial charge in [0.05, 0.1) is 27.5 Å². The molecule has 36 heavy (non-hydrogen) atoms. The molecule has 0 saturated heterocycles. The van der Waals surface area contributed by atoms with Crippen molar-refractivity contribution in [2.45, 2.75) is 0 Å². The fourth-order valence-corrected chi connectivity index (χ4v) is 4.28. The van der Waals surface area contributed by atoms with Crippen LogP contribution in [0.15, 0.2) is 113 Å². The Balaban J connectivity index is 1.65. The van der Waals surface area contributed by atoms with Gasteiger partial charge in [-0.25, -0.2) is 14.5 Å². The fraction of sp³-hybridized carbons (Fsp3) is 0. The molecule has 0 spiro atoms. The standard InChI is InChI=1S/C28H18ClN5O2/c29-19-14-16-20(17-15-19)33-26(35)21-10-4-7-13-24(21)31-28(33)32-34-25(18-8-2-1-3-9-18)30-23-12-6-5-11-22(23)27(34)36/h1-17H,(H,31,32). The van der Waals surface area contributed by atoms with Gasteiger partial charge >= 0.3 is 0 Å². The molecule has 0 radical (unpaired) electrons. The SMILES string of the molecule is O=c1c2ccccc2nc(-c2ccccc2)n1Nc1nc2ccccc2c(=O)n1-c1ccc(Cl)cc1. The molecule has 0 amide bonds. The maximum atomic E-state index is 13.7. The van der Waals surface area contributed by atoms with Crippen molar-refractivity contribution in [2.24, 2.45) is 0 Å². The van der Waals surface area contributed by atoms with Crippen LogP contribution < -0.4 is 16.5 Å². The predicted octanol–water partition coefficient (Wildman–Crippen LogP) is 5.29. The van der Waals surface area contributed by atoms with Crippen molar-refractivity contribution in [3.63, 3.8) is 0 Å². The summed E-state index contributed by atoms with van der Waals surface area (Å²) < 4.78 is 2.76. The molecule has 0 aliphatic heterocycles. The zero-order valence-electron chi connectivity index (χ0n) is 18.8. The maximum absolute atomic E-state index is 13.7. The van der Waals surface area contributed by atoms with Crippen LogP contribution in [0, 0.1) is 0 Å². The zero-order chi connectivity index (χ0) is 24.6. The number of nitrogens with zero attached hydrogens (tertiary/aromatic N) is 4. The van der Waals surface area contributed by atoms with Crippen LogP contribution >= 0.6 is 11.6 Å². The van der Waals surface area contributed by atoms with Gasteiger partial charge in [-0.05, 0) is 48.5 Å². The monoisotopic (exact) mass is 491 g/mol. The molecule has 0 bridgehead atoms. The first-order valence-corrected chi connectivity index (χ1v) is 11.6. The van der Waals surface area contributed by atoms with Crippen molar-refractivity contribution in [3.8, 4) is 17.1 Å². The lowest BCUT2D eigenvalue weighted by molar-refractivity contribution is 0.837. The molecule has 6 aromatic rings. The minimum Gasteiger partial charge on any atom is -0.268 e. The van der Waals surface area contributed by atoms with Crippen molar-refractivity contribution >= 4 is 39.4 Å². The molecule has 0 saturated carbocycles. The molecule has 0 aliphatic carbocycles. The summed E-state index contributed by atoms with van der Waals surface area (Å²) in [4.78, 5) is 36.8. The van der Waals surface area contributed by atoms with E-state index in [-0.39, 0.29) is 17.1 Å². The predicted molar refractivity (Wildman–Crippen MR) is 143 cm³/mol. The topological polar surface area (TPSA) is 81.8 Å². The van der Waals surface area contributed by atoms with Crippen LogP contribution in [-0.2, 0) is 0 Å². The first kappa shape index (κ1) is 21.8. The summed E-state index contributed by atoms with van der Waals surface area (Å²) in [5, 5.41) is 1.42. The molecule has 0 fully saturated rings. The number of aromatic nitrogens is 4. The first-order valence-electron chi connectivity index (χ1n) is 11.2. The number of para-hydroxylation sites is 2. The molecular formula is C28H18ClN5O2. The number of hydrogen-bond acceptors (Lipinski definition) is 5. The summed E-state index contributed by atoms with van der Waals surface area (Å²) in [6.07, 6.45) is 0. The van der Waals surface area contributed by atoms with Crippen LogP contribution in [0.25, 0.3) is 38.9 Å². The van der Waals surface area contributed by atoms with E-state index in [1.54, 1.807) is 60.7 Å². The highest BCUT2D eigenvalue weighted by molar-refractivity contribution is 6.30. The molecule has 1 N–H and O–H groups in total. The van der Waals surface area contributed by atoms with Crippen molar-refractivity contribution in [1.29, 1.82) is 0 Å². The molecule has 0 unspecified atom stereocenters. The zero-order valence-corrected chi connectivity index (χ0v) is 19.6. The molecule has 8 heteroatoms. The third-order valence-electron chi connectivity index (χ3n) is 5.88. The second kappa shape index (κ2) is 8.79. The summed E-state index contributed by atoms with van der Waals surface area (Å²) in [5.41, 5.74) is 4.86. The Bertz CT molecular complexity index is 1860. The molecule has 0 aliphatic rings. The second-order valence-electron chi connectivity index (χ2n) is 8.14. The van der Waals surface area contributed by atoms with E-state index >= 15 is 0 Å². The average molecular weight is 492 g/mol. The Labute approximate surface area is 209 Å². The minimum atomic E-state index is -0.315. The molecule has 0 atom stereocenters. The van der Waals surface area contributed by atoms with Crippen LogP contribution in [0.2, 0.25) is 5.02 Å². The van der Waals surface area contributed by atoms with Crippen LogP contribution in [0.5, 0.6) is 0 Å². The lowest BCUT2D eigenvalue weighted by atomic mass is 10.2. The van der Waals surface area contributed by atoms with E-state index in [1.807, 2.05) is 42.5 Å². The first-order chi connectivity index (χ1) is 17.6. The largest absolute Gasteiger partial charge is 0.280 e. The van der Waals surface area contributed by atoms with Crippen LogP contribution in [0.4, 0.5) is 5.95 Å². The lowest BCUT2D eigenvalue weighted by Gasteiger charge is -2.19. The molecule has 6 rings (SSSR count). The Morgan fingerprint density at radius 1 is 0.639 bits per heavy atom. The third kappa shape index (κ3) is 3.72. The number of halogens is 1. The highest BCUT2D eigenvalue weighted by atomic mass is 35.5. The number of anilines is 1. The number of benzene rings is 4. The van der Waals surface area contributed by atoms with Crippen LogP contribution in [0.3, 0.4) is 0 Å². The quantitative estimate of drug-likeness (QED) is 0.362. The van der Waals surface area contributed by atoms with Gasteiger partial charge in [-0.1, -0.05) is 66.2 Å². The van der Waals surface area contributed by atoms with Gasteiger partial charge in [-0.3, -0.25) is 15.0 Å². The Kier molecular flexibility index (Phi) is 5.32. The van der Waals surface area contributed by atoms with Crippen molar-refractivity contribution in [3.05, 3.63) is 129 Å². The average Bonchev–Trinajstić information content (AvgIpc) is 2.92. The maximum Gasteiger partial charge on any atom is 0.280 e. The van der Waals surface area contributed by atoms with Gasteiger partial charge in [0, 0.05) is 10.6 Å². The van der Waals surface area contributed by atoms with Crippen LogP contribution in [0.1, 0.15) is 0 Å². The van der Waals surface area contributed by atoms with Crippen molar-refractivity contribution < 1.29 is 0 Å². The Morgan fingerprint density at radius 3 is 1.92 bits per heavy atom. The summed E-state index contributed by atoms with van der Waals surface area (Å²) >= 11 is 6.10. The smallest absolute Gasteiger partial charge is 0.268 e. The van der Waals surface area contributed by atoms with E-state index in [1.165, 1.54) is 9.24 Å². The van der Waals surface area contributed by atoms with Gasteiger partial charge in [-0.15, -0.1) is 0 Å². The molecule has 2 aromatic heterocycles. The van der Waals surface area contributed by atoms with E-state index in [2.05, 4.69) is 5.43 Å². The summed E-state index contributed by atoms with van der Waals surface area (Å²) in [6, 6.07) is 30.4. The van der Waals surface area contributed by atoms with Gasteiger partial charge in [0.1, 0.15) is 0 Å². The van der Waals surface area contributed by atoms with Crippen molar-refractivity contribution in [1.82, 2.24) is 19.2 Å². The summed E-state index contributed by atoms with van der Waals surface area (Å²) in [6.45, 7) is 0. The molecule has 7 nitrogen and oxygen atoms in total. The number of fused-ring (bicyclic) bond motifs is 2. The van der Waals surface area contributed by atoms with Gasteiger partial charge in [0.2, 0.25) is 5.95 Å². The molecule has 2 heterocycles. The molecular weight excluding hydrogens is 474 g/mol. The van der Waals surface area contributed by atoms with E-state index in [4.69, 9.17) is 21.6 Å². The fourth-order valence-electron chi connectivity index (χ4n) is 4.15. The van der Waals surface area contributed by atoms with Crippen LogP contribution in [-0.4, -0.2) is 19.2 Å². The van der Waals surface area contributed by atoms with E-state index in [0.717, 1.165) is 5.56 Å². The molecule has 4 aromatic carbocycles. The normalized spacial score (nSPS) is 11.1. The van der Waals surface area contributed by atoms with Gasteiger partial charge in [-0.2, -0.15) is 4.68 Å². The number of nitrogens with one attached hydrogen (secondary N) is 1. The van der Waals surface area contributed by atoms with E-state index in [0.29, 0.717) is 38.3 Å². The number of hydrogen-bond donors (Lipinski definition) is 1. The highest BCUT2D eigenvalue weighted by Crippen LogP contribution is 2.22. The van der Waals surface area contributed by atoms with E-state index < -0.39 is 0 Å². The lowest BCUT2D eigenvalue weighted by Crippen LogP contribution is -2.33. The summed E-state index contributed by atoms with van der Waals surface area (Å²) in [7, 11) is 0. The summed E-state index contributed by atoms with van der Waals surface area (Å²) in [5.74, 6) is 0.557. The number of rotatable bonds is 4. The minimum absolute atomic E-state index is 0.164. The van der Waals surface area contributed by atoms with E-state index in [9.17, 15) is 9.59 Å². The Morgan fingerprint density at radius 2 is 1.22 bits per heavy atom. The highest BCUT2D eigenvalue weighted by Gasteiger charge is 2.18. The van der Waals surface area contributed by atoms with Crippen molar-refractivity contribution in [2.75, 3.05) is 5.43 Å². The van der Waals surface area contributed by atoms with Gasteiger partial charge in [0.15, 0.2) is 5.82 Å².